The van der Waals surface area contributed by atoms with E-state index in [1.165, 1.54) is 6.07 Å². The van der Waals surface area contributed by atoms with E-state index in [4.69, 9.17) is 4.74 Å². The van der Waals surface area contributed by atoms with Gasteiger partial charge in [-0.25, -0.2) is 4.39 Å². The fraction of sp³-hybridized carbons (Fsp3) is 0.600. The van der Waals surface area contributed by atoms with Crippen LogP contribution in [-0.4, -0.2) is 23.9 Å². The van der Waals surface area contributed by atoms with E-state index < -0.39 is 5.60 Å². The van der Waals surface area contributed by atoms with Crippen LogP contribution in [0.3, 0.4) is 0 Å². The van der Waals surface area contributed by atoms with Gasteiger partial charge in [-0.2, -0.15) is 0 Å². The molecule has 4 heteroatoms. The van der Waals surface area contributed by atoms with Crippen molar-refractivity contribution in [1.82, 2.24) is 5.32 Å². The van der Waals surface area contributed by atoms with E-state index in [1.54, 1.807) is 13.2 Å². The largest absolute Gasteiger partial charge is 0.388 e. The molecular weight excluding hydrogens is 245 g/mol. The highest BCUT2D eigenvalue weighted by Crippen LogP contribution is 2.34. The van der Waals surface area contributed by atoms with Gasteiger partial charge in [0.1, 0.15) is 5.82 Å². The molecule has 2 rings (SSSR count). The van der Waals surface area contributed by atoms with Crippen LogP contribution in [-0.2, 0) is 17.9 Å². The van der Waals surface area contributed by atoms with Gasteiger partial charge in [-0.15, -0.1) is 0 Å². The van der Waals surface area contributed by atoms with Gasteiger partial charge in [0.2, 0.25) is 0 Å². The second-order valence-electron chi connectivity index (χ2n) is 5.42. The SMILES string of the molecule is COCc1cc(CNC(C)C2(O)CCC2)ccc1F. The Morgan fingerprint density at radius 1 is 1.47 bits per heavy atom. The summed E-state index contributed by atoms with van der Waals surface area (Å²) >= 11 is 0. The number of benzene rings is 1. The Bertz CT molecular complexity index is 432. The van der Waals surface area contributed by atoms with Gasteiger partial charge in [-0.05, 0) is 43.9 Å². The highest BCUT2D eigenvalue weighted by atomic mass is 19.1. The van der Waals surface area contributed by atoms with Crippen LogP contribution in [0.2, 0.25) is 0 Å². The predicted octanol–water partition coefficient (Wildman–Crippen LogP) is 2.37. The number of halogens is 1. The van der Waals surface area contributed by atoms with Gasteiger partial charge in [0, 0.05) is 25.3 Å². The zero-order valence-corrected chi connectivity index (χ0v) is 11.6. The van der Waals surface area contributed by atoms with Crippen LogP contribution in [0.4, 0.5) is 4.39 Å². The molecule has 0 bridgehead atoms. The van der Waals surface area contributed by atoms with Gasteiger partial charge < -0.3 is 15.2 Å². The van der Waals surface area contributed by atoms with Crippen molar-refractivity contribution in [2.45, 2.75) is 51.0 Å². The molecule has 0 spiro atoms. The van der Waals surface area contributed by atoms with Crippen LogP contribution in [0.25, 0.3) is 0 Å². The first-order valence-corrected chi connectivity index (χ1v) is 6.77. The number of ether oxygens (including phenoxy) is 1. The number of methoxy groups -OCH3 is 1. The zero-order chi connectivity index (χ0) is 13.9. The molecule has 106 valence electrons. The molecule has 2 N–H and O–H groups in total. The summed E-state index contributed by atoms with van der Waals surface area (Å²) in [4.78, 5) is 0. The summed E-state index contributed by atoms with van der Waals surface area (Å²) in [6, 6.07) is 5.09. The lowest BCUT2D eigenvalue weighted by molar-refractivity contribution is -0.0603. The number of aliphatic hydroxyl groups is 1. The number of hydrogen-bond donors (Lipinski definition) is 2. The standard InChI is InChI=1S/C15H22FNO2/c1-11(15(18)6-3-7-15)17-9-12-4-5-14(16)13(8-12)10-19-2/h4-5,8,11,17-18H,3,6-7,9-10H2,1-2H3. The Balaban J connectivity index is 1.93. The lowest BCUT2D eigenvalue weighted by atomic mass is 9.75. The molecule has 0 heterocycles. The minimum atomic E-state index is -0.560. The monoisotopic (exact) mass is 267 g/mol. The summed E-state index contributed by atoms with van der Waals surface area (Å²) in [5, 5.41) is 13.5. The van der Waals surface area contributed by atoms with Crippen LogP contribution >= 0.6 is 0 Å². The number of hydrogen-bond acceptors (Lipinski definition) is 3. The molecule has 0 aromatic heterocycles. The number of nitrogens with one attached hydrogen (secondary N) is 1. The fourth-order valence-electron chi connectivity index (χ4n) is 2.44. The van der Waals surface area contributed by atoms with Crippen LogP contribution in [0, 0.1) is 5.82 Å². The Hall–Kier alpha value is -0.970. The molecule has 1 unspecified atom stereocenters. The molecule has 0 saturated heterocycles. The predicted molar refractivity (Wildman–Crippen MR) is 72.2 cm³/mol. The Labute approximate surface area is 113 Å². The van der Waals surface area contributed by atoms with E-state index in [9.17, 15) is 9.50 Å². The number of rotatable bonds is 6. The van der Waals surface area contributed by atoms with Gasteiger partial charge in [0.25, 0.3) is 0 Å². The van der Waals surface area contributed by atoms with Crippen molar-refractivity contribution in [2.75, 3.05) is 7.11 Å². The molecule has 1 aliphatic carbocycles. The lowest BCUT2D eigenvalue weighted by Crippen LogP contribution is -2.53. The van der Waals surface area contributed by atoms with Crippen molar-refractivity contribution >= 4 is 0 Å². The maximum Gasteiger partial charge on any atom is 0.128 e. The molecule has 0 radical (unpaired) electrons. The Morgan fingerprint density at radius 2 is 2.21 bits per heavy atom. The first-order valence-electron chi connectivity index (χ1n) is 6.77. The molecule has 1 aromatic rings. The van der Waals surface area contributed by atoms with E-state index in [1.807, 2.05) is 13.0 Å². The minimum Gasteiger partial charge on any atom is -0.388 e. The molecular formula is C15H22FNO2. The third-order valence-electron chi connectivity index (χ3n) is 4.05. The Kier molecular flexibility index (Phi) is 4.55. The van der Waals surface area contributed by atoms with Crippen LogP contribution in [0.5, 0.6) is 0 Å². The summed E-state index contributed by atoms with van der Waals surface area (Å²) in [5.41, 5.74) is 1.01. The molecule has 19 heavy (non-hydrogen) atoms. The van der Waals surface area contributed by atoms with Gasteiger partial charge in [-0.3, -0.25) is 0 Å². The lowest BCUT2D eigenvalue weighted by Gasteiger charge is -2.42. The highest BCUT2D eigenvalue weighted by molar-refractivity contribution is 5.24. The Morgan fingerprint density at radius 3 is 2.79 bits per heavy atom. The maximum absolute atomic E-state index is 13.5. The molecule has 1 aliphatic rings. The molecule has 0 aliphatic heterocycles. The second-order valence-corrected chi connectivity index (χ2v) is 5.42. The average Bonchev–Trinajstić information content (AvgIpc) is 2.36. The van der Waals surface area contributed by atoms with Gasteiger partial charge >= 0.3 is 0 Å². The van der Waals surface area contributed by atoms with Gasteiger partial charge in [0.05, 0.1) is 12.2 Å². The van der Waals surface area contributed by atoms with Crippen LogP contribution < -0.4 is 5.32 Å². The fourth-order valence-corrected chi connectivity index (χ4v) is 2.44. The van der Waals surface area contributed by atoms with Crippen molar-refractivity contribution in [1.29, 1.82) is 0 Å². The van der Waals surface area contributed by atoms with Crippen molar-refractivity contribution in [3.63, 3.8) is 0 Å². The summed E-state index contributed by atoms with van der Waals surface area (Å²) in [6.45, 7) is 2.90. The van der Waals surface area contributed by atoms with Crippen molar-refractivity contribution < 1.29 is 14.2 Å². The third-order valence-corrected chi connectivity index (χ3v) is 4.05. The van der Waals surface area contributed by atoms with Crippen molar-refractivity contribution in [3.8, 4) is 0 Å². The molecule has 1 atom stereocenters. The molecule has 1 fully saturated rings. The molecule has 1 saturated carbocycles. The summed E-state index contributed by atoms with van der Waals surface area (Å²) in [5.74, 6) is -0.240. The van der Waals surface area contributed by atoms with E-state index in [0.717, 1.165) is 24.8 Å². The van der Waals surface area contributed by atoms with E-state index in [2.05, 4.69) is 5.32 Å². The van der Waals surface area contributed by atoms with Gasteiger partial charge in [0.15, 0.2) is 0 Å². The molecule has 1 aromatic carbocycles. The third kappa shape index (κ3) is 3.32. The normalized spacial score (nSPS) is 18.9. The minimum absolute atomic E-state index is 0.0529. The summed E-state index contributed by atoms with van der Waals surface area (Å²) < 4.78 is 18.4. The molecule has 0 amide bonds. The molecule has 3 nitrogen and oxygen atoms in total. The highest BCUT2D eigenvalue weighted by Gasteiger charge is 2.39. The second kappa shape index (κ2) is 5.99. The van der Waals surface area contributed by atoms with E-state index in [-0.39, 0.29) is 18.5 Å². The zero-order valence-electron chi connectivity index (χ0n) is 11.6. The maximum atomic E-state index is 13.5. The summed E-state index contributed by atoms with van der Waals surface area (Å²) in [7, 11) is 1.55. The van der Waals surface area contributed by atoms with Crippen molar-refractivity contribution in [2.24, 2.45) is 0 Å². The van der Waals surface area contributed by atoms with E-state index >= 15 is 0 Å². The topological polar surface area (TPSA) is 41.5 Å². The quantitative estimate of drug-likeness (QED) is 0.831. The van der Waals surface area contributed by atoms with Crippen LogP contribution in [0.1, 0.15) is 37.3 Å². The summed E-state index contributed by atoms with van der Waals surface area (Å²) in [6.07, 6.45) is 2.82. The van der Waals surface area contributed by atoms with Crippen LogP contribution in [0.15, 0.2) is 18.2 Å². The smallest absolute Gasteiger partial charge is 0.128 e. The first kappa shape index (κ1) is 14.4. The van der Waals surface area contributed by atoms with Crippen molar-refractivity contribution in [3.05, 3.63) is 35.1 Å². The van der Waals surface area contributed by atoms with E-state index in [0.29, 0.717) is 12.1 Å². The first-order chi connectivity index (χ1) is 9.05. The average molecular weight is 267 g/mol. The van der Waals surface area contributed by atoms with Gasteiger partial charge in [-0.1, -0.05) is 6.07 Å².